The van der Waals surface area contributed by atoms with Gasteiger partial charge >= 0.3 is 11.8 Å². The Morgan fingerprint density at radius 1 is 1.07 bits per heavy atom. The highest BCUT2D eigenvalue weighted by Crippen LogP contribution is 2.19. The van der Waals surface area contributed by atoms with Gasteiger partial charge in [0.25, 0.3) is 0 Å². The van der Waals surface area contributed by atoms with E-state index < -0.39 is 11.8 Å². The van der Waals surface area contributed by atoms with Crippen molar-refractivity contribution in [2.45, 2.75) is 19.9 Å². The minimum Gasteiger partial charge on any atom is -0.494 e. The zero-order valence-electron chi connectivity index (χ0n) is 15.2. The van der Waals surface area contributed by atoms with Crippen LogP contribution in [0, 0.1) is 0 Å². The number of nitrogens with one attached hydrogen (secondary N) is 2. The molecule has 27 heavy (non-hydrogen) atoms. The number of ether oxygens (including phenoxy) is 1. The van der Waals surface area contributed by atoms with Gasteiger partial charge in [-0.25, -0.2) is 0 Å². The van der Waals surface area contributed by atoms with Crippen LogP contribution in [0.15, 0.2) is 60.8 Å². The van der Waals surface area contributed by atoms with Crippen LogP contribution < -0.4 is 15.4 Å². The molecule has 6 heteroatoms. The van der Waals surface area contributed by atoms with Gasteiger partial charge in [0.2, 0.25) is 0 Å². The monoisotopic (exact) mass is 363 g/mol. The molecule has 0 aliphatic rings. The Kier molecular flexibility index (Phi) is 5.66. The van der Waals surface area contributed by atoms with E-state index in [1.165, 1.54) is 0 Å². The third kappa shape index (κ3) is 4.61. The number of rotatable bonds is 5. The molecule has 0 fully saturated rings. The van der Waals surface area contributed by atoms with Crippen molar-refractivity contribution in [3.05, 3.63) is 66.4 Å². The molecular weight excluding hydrogens is 342 g/mol. The van der Waals surface area contributed by atoms with Gasteiger partial charge in [0.05, 0.1) is 18.2 Å². The molecule has 1 unspecified atom stereocenters. The molecule has 0 aliphatic heterocycles. The van der Waals surface area contributed by atoms with Gasteiger partial charge in [-0.15, -0.1) is 0 Å². The van der Waals surface area contributed by atoms with Crippen molar-refractivity contribution in [2.24, 2.45) is 0 Å². The fourth-order valence-corrected chi connectivity index (χ4v) is 2.71. The highest BCUT2D eigenvalue weighted by atomic mass is 16.5. The molecule has 0 spiro atoms. The average Bonchev–Trinajstić information content (AvgIpc) is 2.68. The molecule has 3 aromatic rings. The fourth-order valence-electron chi connectivity index (χ4n) is 2.71. The first-order chi connectivity index (χ1) is 13.1. The van der Waals surface area contributed by atoms with E-state index in [-0.39, 0.29) is 6.04 Å². The fraction of sp³-hybridized carbons (Fsp3) is 0.190. The number of aromatic nitrogens is 1. The van der Waals surface area contributed by atoms with Crippen molar-refractivity contribution in [1.29, 1.82) is 0 Å². The first kappa shape index (κ1) is 18.4. The second kappa shape index (κ2) is 8.31. The summed E-state index contributed by atoms with van der Waals surface area (Å²) in [6.07, 6.45) is 1.70. The molecule has 1 aromatic heterocycles. The standard InChI is InChI=1S/C21H21N3O3/c1-3-27-18-9-6-15(7-10-18)14(2)23-20(25)21(26)24-17-8-11-19-16(13-17)5-4-12-22-19/h4-14H,3H2,1-2H3,(H,23,25)(H,24,26). The van der Waals surface area contributed by atoms with Gasteiger partial charge in [0, 0.05) is 17.3 Å². The topological polar surface area (TPSA) is 80.3 Å². The molecule has 1 heterocycles. The predicted octanol–water partition coefficient (Wildman–Crippen LogP) is 3.45. The zero-order chi connectivity index (χ0) is 19.2. The smallest absolute Gasteiger partial charge is 0.313 e. The normalized spacial score (nSPS) is 11.6. The number of nitrogens with zero attached hydrogens (tertiary/aromatic N) is 1. The quantitative estimate of drug-likeness (QED) is 0.681. The Bertz CT molecular complexity index is 954. The Labute approximate surface area is 157 Å². The lowest BCUT2D eigenvalue weighted by Crippen LogP contribution is -2.36. The van der Waals surface area contributed by atoms with Gasteiger partial charge in [-0.1, -0.05) is 18.2 Å². The largest absolute Gasteiger partial charge is 0.494 e. The number of hydrogen-bond donors (Lipinski definition) is 2. The first-order valence-electron chi connectivity index (χ1n) is 8.76. The summed E-state index contributed by atoms with van der Waals surface area (Å²) in [7, 11) is 0. The number of anilines is 1. The van der Waals surface area contributed by atoms with E-state index in [0.29, 0.717) is 12.3 Å². The van der Waals surface area contributed by atoms with Gasteiger partial charge in [-0.05, 0) is 55.8 Å². The molecule has 2 amide bonds. The SMILES string of the molecule is CCOc1ccc(C(C)NC(=O)C(=O)Nc2ccc3ncccc3c2)cc1. The summed E-state index contributed by atoms with van der Waals surface area (Å²) in [5, 5.41) is 6.21. The van der Waals surface area contributed by atoms with Gasteiger partial charge in [0.1, 0.15) is 5.75 Å². The number of hydrogen-bond acceptors (Lipinski definition) is 4. The van der Waals surface area contributed by atoms with Crippen LogP contribution in [0.2, 0.25) is 0 Å². The summed E-state index contributed by atoms with van der Waals surface area (Å²) in [6, 6.07) is 16.1. The predicted molar refractivity (Wildman–Crippen MR) is 105 cm³/mol. The summed E-state index contributed by atoms with van der Waals surface area (Å²) in [6.45, 7) is 4.33. The van der Waals surface area contributed by atoms with Crippen molar-refractivity contribution in [2.75, 3.05) is 11.9 Å². The number of fused-ring (bicyclic) bond motifs is 1. The second-order valence-electron chi connectivity index (χ2n) is 6.06. The van der Waals surface area contributed by atoms with Crippen LogP contribution >= 0.6 is 0 Å². The molecule has 2 N–H and O–H groups in total. The van der Waals surface area contributed by atoms with Crippen LogP contribution in [-0.4, -0.2) is 23.4 Å². The van der Waals surface area contributed by atoms with Crippen molar-refractivity contribution in [3.63, 3.8) is 0 Å². The van der Waals surface area contributed by atoms with Gasteiger partial charge < -0.3 is 15.4 Å². The van der Waals surface area contributed by atoms with Gasteiger partial charge in [-0.2, -0.15) is 0 Å². The molecule has 1 atom stereocenters. The minimum absolute atomic E-state index is 0.306. The summed E-state index contributed by atoms with van der Waals surface area (Å²) in [5.74, 6) is -0.637. The maximum atomic E-state index is 12.2. The average molecular weight is 363 g/mol. The van der Waals surface area contributed by atoms with Crippen LogP contribution in [0.25, 0.3) is 10.9 Å². The summed E-state index contributed by atoms with van der Waals surface area (Å²) >= 11 is 0. The Balaban J connectivity index is 1.61. The van der Waals surface area contributed by atoms with E-state index in [9.17, 15) is 9.59 Å². The second-order valence-corrected chi connectivity index (χ2v) is 6.06. The molecule has 138 valence electrons. The van der Waals surface area contributed by atoms with E-state index in [1.807, 2.05) is 50.2 Å². The number of benzene rings is 2. The molecule has 3 rings (SSSR count). The molecule has 0 bridgehead atoms. The number of carbonyl (C=O) groups is 2. The first-order valence-corrected chi connectivity index (χ1v) is 8.76. The number of amides is 2. The van der Waals surface area contributed by atoms with Crippen LogP contribution in [-0.2, 0) is 9.59 Å². The van der Waals surface area contributed by atoms with Gasteiger partial charge in [0.15, 0.2) is 0 Å². The van der Waals surface area contributed by atoms with Crippen LogP contribution in [0.3, 0.4) is 0 Å². The van der Waals surface area contributed by atoms with Crippen LogP contribution in [0.5, 0.6) is 5.75 Å². The van der Waals surface area contributed by atoms with E-state index in [4.69, 9.17) is 4.74 Å². The molecule has 0 radical (unpaired) electrons. The Morgan fingerprint density at radius 2 is 1.85 bits per heavy atom. The highest BCUT2D eigenvalue weighted by Gasteiger charge is 2.17. The van der Waals surface area contributed by atoms with E-state index in [0.717, 1.165) is 22.2 Å². The highest BCUT2D eigenvalue weighted by molar-refractivity contribution is 6.39. The minimum atomic E-state index is -0.712. The third-order valence-corrected chi connectivity index (χ3v) is 4.11. The molecule has 2 aromatic carbocycles. The third-order valence-electron chi connectivity index (χ3n) is 4.11. The zero-order valence-corrected chi connectivity index (χ0v) is 15.2. The molecular formula is C21H21N3O3. The molecule has 0 aliphatic carbocycles. The Morgan fingerprint density at radius 3 is 2.59 bits per heavy atom. The lowest BCUT2D eigenvalue weighted by Gasteiger charge is -2.15. The van der Waals surface area contributed by atoms with Crippen molar-refractivity contribution < 1.29 is 14.3 Å². The maximum absolute atomic E-state index is 12.2. The van der Waals surface area contributed by atoms with E-state index in [2.05, 4.69) is 15.6 Å². The summed E-state index contributed by atoms with van der Waals surface area (Å²) < 4.78 is 5.40. The van der Waals surface area contributed by atoms with E-state index >= 15 is 0 Å². The van der Waals surface area contributed by atoms with Gasteiger partial charge in [-0.3, -0.25) is 14.6 Å². The van der Waals surface area contributed by atoms with Crippen LogP contribution in [0.4, 0.5) is 5.69 Å². The van der Waals surface area contributed by atoms with Crippen LogP contribution in [0.1, 0.15) is 25.5 Å². The van der Waals surface area contributed by atoms with Crippen molar-refractivity contribution in [3.8, 4) is 5.75 Å². The van der Waals surface area contributed by atoms with E-state index in [1.54, 1.807) is 24.4 Å². The number of pyridine rings is 1. The van der Waals surface area contributed by atoms with Crippen molar-refractivity contribution in [1.82, 2.24) is 10.3 Å². The molecule has 6 nitrogen and oxygen atoms in total. The maximum Gasteiger partial charge on any atom is 0.313 e. The lowest BCUT2D eigenvalue weighted by molar-refractivity contribution is -0.136. The summed E-state index contributed by atoms with van der Waals surface area (Å²) in [5.41, 5.74) is 2.25. The summed E-state index contributed by atoms with van der Waals surface area (Å²) in [4.78, 5) is 28.6. The van der Waals surface area contributed by atoms with Crippen molar-refractivity contribution >= 4 is 28.4 Å². The Hall–Kier alpha value is -3.41. The number of carbonyl (C=O) groups excluding carboxylic acids is 2. The molecule has 0 saturated heterocycles. The molecule has 0 saturated carbocycles. The lowest BCUT2D eigenvalue weighted by atomic mass is 10.1.